The Kier molecular flexibility index (Phi) is 5.12. The first-order valence-corrected chi connectivity index (χ1v) is 9.00. The zero-order valence-corrected chi connectivity index (χ0v) is 14.5. The quantitative estimate of drug-likeness (QED) is 0.683. The molecule has 3 aromatic rings. The third-order valence-electron chi connectivity index (χ3n) is 3.20. The molecule has 2 aromatic heterocycles. The van der Waals surface area contributed by atoms with E-state index in [-0.39, 0.29) is 11.7 Å². The van der Waals surface area contributed by atoms with Crippen LogP contribution in [0.15, 0.2) is 41.8 Å². The van der Waals surface area contributed by atoms with Crippen LogP contribution in [0.4, 0.5) is 9.52 Å². The second-order valence-electron chi connectivity index (χ2n) is 4.90. The van der Waals surface area contributed by atoms with Crippen molar-refractivity contribution in [3.8, 4) is 0 Å². The molecule has 0 saturated carbocycles. The molecular weight excluding hydrogens is 345 g/mol. The van der Waals surface area contributed by atoms with Crippen molar-refractivity contribution in [3.05, 3.63) is 63.0 Å². The van der Waals surface area contributed by atoms with Crippen LogP contribution in [0.3, 0.4) is 0 Å². The highest BCUT2D eigenvalue weighted by Crippen LogP contribution is 2.25. The van der Waals surface area contributed by atoms with Crippen LogP contribution in [0.2, 0.25) is 0 Å². The van der Waals surface area contributed by atoms with Crippen molar-refractivity contribution in [3.63, 3.8) is 0 Å². The second kappa shape index (κ2) is 7.46. The number of aromatic nitrogens is 2. The van der Waals surface area contributed by atoms with Crippen molar-refractivity contribution in [1.82, 2.24) is 10.2 Å². The van der Waals surface area contributed by atoms with Crippen LogP contribution < -0.4 is 5.32 Å². The van der Waals surface area contributed by atoms with Gasteiger partial charge in [0.25, 0.3) is 5.91 Å². The number of carbonyl (C=O) groups is 1. The molecule has 7 heteroatoms. The highest BCUT2D eigenvalue weighted by molar-refractivity contribution is 7.15. The van der Waals surface area contributed by atoms with Gasteiger partial charge in [-0.25, -0.2) is 4.39 Å². The summed E-state index contributed by atoms with van der Waals surface area (Å²) in [6, 6.07) is 9.76. The van der Waals surface area contributed by atoms with Gasteiger partial charge in [0.05, 0.1) is 5.57 Å². The maximum atomic E-state index is 13.1. The zero-order valence-electron chi connectivity index (χ0n) is 12.8. The van der Waals surface area contributed by atoms with Crippen LogP contribution in [0.25, 0.3) is 11.6 Å². The number of amides is 1. The number of halogens is 1. The Morgan fingerprint density at radius 3 is 2.67 bits per heavy atom. The number of hydrogen-bond donors (Lipinski definition) is 1. The van der Waals surface area contributed by atoms with E-state index < -0.39 is 0 Å². The Balaban J connectivity index is 1.89. The summed E-state index contributed by atoms with van der Waals surface area (Å²) in [6.45, 7) is 1.98. The van der Waals surface area contributed by atoms with E-state index in [0.29, 0.717) is 10.7 Å². The molecule has 0 spiro atoms. The van der Waals surface area contributed by atoms with Gasteiger partial charge in [0.2, 0.25) is 5.13 Å². The van der Waals surface area contributed by atoms with Gasteiger partial charge in [0.15, 0.2) is 0 Å². The van der Waals surface area contributed by atoms with Crippen molar-refractivity contribution < 1.29 is 9.18 Å². The van der Waals surface area contributed by atoms with Crippen LogP contribution in [0, 0.1) is 5.82 Å². The first kappa shape index (κ1) is 16.5. The third kappa shape index (κ3) is 3.93. The summed E-state index contributed by atoms with van der Waals surface area (Å²) >= 11 is 2.82. The van der Waals surface area contributed by atoms with Gasteiger partial charge in [-0.3, -0.25) is 10.1 Å². The summed E-state index contributed by atoms with van der Waals surface area (Å²) in [4.78, 5) is 13.5. The van der Waals surface area contributed by atoms with Gasteiger partial charge < -0.3 is 0 Å². The van der Waals surface area contributed by atoms with Gasteiger partial charge >= 0.3 is 0 Å². The monoisotopic (exact) mass is 359 g/mol. The predicted molar refractivity (Wildman–Crippen MR) is 96.5 cm³/mol. The lowest BCUT2D eigenvalue weighted by Gasteiger charge is -2.05. The minimum atomic E-state index is -0.310. The SMILES string of the molecule is CCc1nnc(NC(=O)/C(=C/c2ccc(F)cc2)c2cccs2)s1. The smallest absolute Gasteiger partial charge is 0.258 e. The average Bonchev–Trinajstić information content (AvgIpc) is 3.25. The number of anilines is 1. The van der Waals surface area contributed by atoms with Crippen LogP contribution in [-0.4, -0.2) is 16.1 Å². The van der Waals surface area contributed by atoms with Gasteiger partial charge in [-0.2, -0.15) is 0 Å². The number of benzene rings is 1. The Hall–Kier alpha value is -2.38. The molecule has 1 aromatic carbocycles. The largest absolute Gasteiger partial charge is 0.296 e. The molecular formula is C17H14FN3OS2. The molecule has 2 heterocycles. The Labute approximate surface area is 146 Å². The number of hydrogen-bond acceptors (Lipinski definition) is 5. The molecule has 122 valence electrons. The van der Waals surface area contributed by atoms with Crippen molar-refractivity contribution in [2.75, 3.05) is 5.32 Å². The van der Waals surface area contributed by atoms with E-state index in [1.54, 1.807) is 18.2 Å². The lowest BCUT2D eigenvalue weighted by Crippen LogP contribution is -2.12. The lowest BCUT2D eigenvalue weighted by atomic mass is 10.1. The minimum Gasteiger partial charge on any atom is -0.296 e. The lowest BCUT2D eigenvalue weighted by molar-refractivity contribution is -0.111. The number of rotatable bonds is 5. The van der Waals surface area contributed by atoms with E-state index in [1.807, 2.05) is 24.4 Å². The van der Waals surface area contributed by atoms with Crippen LogP contribution >= 0.6 is 22.7 Å². The molecule has 24 heavy (non-hydrogen) atoms. The Bertz CT molecular complexity index is 854. The maximum Gasteiger partial charge on any atom is 0.258 e. The molecule has 0 radical (unpaired) electrons. The Morgan fingerprint density at radius 1 is 1.25 bits per heavy atom. The highest BCUT2D eigenvalue weighted by Gasteiger charge is 2.15. The fourth-order valence-corrected chi connectivity index (χ4v) is 3.43. The first-order valence-electron chi connectivity index (χ1n) is 7.30. The topological polar surface area (TPSA) is 54.9 Å². The van der Waals surface area contributed by atoms with Gasteiger partial charge in [-0.1, -0.05) is 36.5 Å². The van der Waals surface area contributed by atoms with E-state index in [1.165, 1.54) is 34.8 Å². The third-order valence-corrected chi connectivity index (χ3v) is 5.09. The molecule has 0 aliphatic rings. The van der Waals surface area contributed by atoms with Crippen molar-refractivity contribution in [2.24, 2.45) is 0 Å². The average molecular weight is 359 g/mol. The summed E-state index contributed by atoms with van der Waals surface area (Å²) < 4.78 is 13.1. The molecule has 0 saturated heterocycles. The molecule has 0 bridgehead atoms. The van der Waals surface area contributed by atoms with E-state index in [0.717, 1.165) is 21.9 Å². The molecule has 0 aliphatic carbocycles. The van der Waals surface area contributed by atoms with E-state index in [2.05, 4.69) is 15.5 Å². The summed E-state index contributed by atoms with van der Waals surface area (Å²) in [5.74, 6) is -0.573. The number of thiophene rings is 1. The summed E-state index contributed by atoms with van der Waals surface area (Å²) in [6.07, 6.45) is 2.51. The summed E-state index contributed by atoms with van der Waals surface area (Å²) in [5.41, 5.74) is 1.26. The van der Waals surface area contributed by atoms with Crippen molar-refractivity contribution in [2.45, 2.75) is 13.3 Å². The molecule has 1 amide bonds. The Morgan fingerprint density at radius 2 is 2.04 bits per heavy atom. The molecule has 0 atom stereocenters. The summed E-state index contributed by atoms with van der Waals surface area (Å²) in [5, 5.41) is 14.0. The van der Waals surface area contributed by atoms with Gasteiger partial charge in [-0.05, 0) is 41.6 Å². The first-order chi connectivity index (χ1) is 11.7. The molecule has 4 nitrogen and oxygen atoms in total. The summed E-state index contributed by atoms with van der Waals surface area (Å²) in [7, 11) is 0. The van der Waals surface area contributed by atoms with Gasteiger partial charge in [-0.15, -0.1) is 21.5 Å². The minimum absolute atomic E-state index is 0.263. The maximum absolute atomic E-state index is 13.1. The number of nitrogens with one attached hydrogen (secondary N) is 1. The van der Waals surface area contributed by atoms with E-state index in [4.69, 9.17) is 0 Å². The van der Waals surface area contributed by atoms with Crippen molar-refractivity contribution >= 4 is 45.4 Å². The fraction of sp³-hybridized carbons (Fsp3) is 0.118. The van der Waals surface area contributed by atoms with Gasteiger partial charge in [0.1, 0.15) is 10.8 Å². The number of aryl methyl sites for hydroxylation is 1. The standard InChI is InChI=1S/C17H14FN3OS2/c1-2-15-20-21-17(24-15)19-16(22)13(14-4-3-9-23-14)10-11-5-7-12(18)8-6-11/h3-10H,2H2,1H3,(H,19,21,22)/b13-10+. The van der Waals surface area contributed by atoms with E-state index in [9.17, 15) is 9.18 Å². The predicted octanol–water partition coefficient (Wildman–Crippen LogP) is 4.48. The van der Waals surface area contributed by atoms with E-state index >= 15 is 0 Å². The highest BCUT2D eigenvalue weighted by atomic mass is 32.1. The van der Waals surface area contributed by atoms with Gasteiger partial charge in [0, 0.05) is 4.88 Å². The molecule has 3 rings (SSSR count). The molecule has 0 unspecified atom stereocenters. The fourth-order valence-electron chi connectivity index (χ4n) is 2.02. The number of carbonyl (C=O) groups excluding carboxylic acids is 1. The normalized spacial score (nSPS) is 11.5. The second-order valence-corrected chi connectivity index (χ2v) is 6.91. The van der Waals surface area contributed by atoms with Crippen LogP contribution in [0.5, 0.6) is 0 Å². The number of nitrogens with zero attached hydrogens (tertiary/aromatic N) is 2. The van der Waals surface area contributed by atoms with Crippen LogP contribution in [0.1, 0.15) is 22.4 Å². The van der Waals surface area contributed by atoms with Crippen molar-refractivity contribution in [1.29, 1.82) is 0 Å². The molecule has 0 fully saturated rings. The van der Waals surface area contributed by atoms with Crippen LogP contribution in [-0.2, 0) is 11.2 Å². The molecule has 1 N–H and O–H groups in total. The molecule has 0 aliphatic heterocycles. The zero-order chi connectivity index (χ0) is 16.9.